The highest BCUT2D eigenvalue weighted by molar-refractivity contribution is 6.15. The van der Waals surface area contributed by atoms with Crippen LogP contribution in [0.15, 0.2) is 83.7 Å². The number of aliphatic imine (C=N–C) groups is 1. The predicted molar refractivity (Wildman–Crippen MR) is 240 cm³/mol. The monoisotopic (exact) mass is 887 g/mol. The maximum Gasteiger partial charge on any atom is 0.296 e. The molecular weight excluding hydrogens is 835 g/mol. The summed E-state index contributed by atoms with van der Waals surface area (Å²) in [6, 6.07) is 16.6. The van der Waals surface area contributed by atoms with Crippen LogP contribution in [0.25, 0.3) is 5.57 Å². The summed E-state index contributed by atoms with van der Waals surface area (Å²) in [6.07, 6.45) is 7.50. The van der Waals surface area contributed by atoms with Gasteiger partial charge in [-0.3, -0.25) is 38.7 Å². The van der Waals surface area contributed by atoms with Crippen LogP contribution in [-0.2, 0) is 28.7 Å². The molecule has 2 unspecified atom stereocenters. The number of ether oxygens (including phenoxy) is 4. The Balaban J connectivity index is 0.933. The lowest BCUT2D eigenvalue weighted by molar-refractivity contribution is -0.138. The zero-order valence-corrected chi connectivity index (χ0v) is 37.1. The summed E-state index contributed by atoms with van der Waals surface area (Å²) in [6.45, 7) is 6.26. The van der Waals surface area contributed by atoms with E-state index in [0.29, 0.717) is 85.1 Å². The fourth-order valence-corrected chi connectivity index (χ4v) is 7.35. The quantitative estimate of drug-likeness (QED) is 0.0905. The topological polar surface area (TPSA) is 218 Å². The van der Waals surface area contributed by atoms with Gasteiger partial charge in [-0.1, -0.05) is 32.4 Å². The number of hydrogen-bond donors (Lipinski definition) is 3. The SMILES string of the molecule is COCCCOc1cc2c(cc1OC)C(=O)N1C=C(c3ccc(NC(=O)C(C)NC(=O)C(NC(=O)CCCCCN4C(=O)C=C(Oc5ccc(C#N)cc5)C4=O)C(C)C)cc3)C[C@H]1C=N2. The molecular formula is C48H53N7O10. The molecule has 0 fully saturated rings. The Morgan fingerprint density at radius 2 is 1.63 bits per heavy atom. The van der Waals surface area contributed by atoms with Gasteiger partial charge in [0.15, 0.2) is 17.3 Å². The number of nitrogens with zero attached hydrogens (tertiary/aromatic N) is 4. The summed E-state index contributed by atoms with van der Waals surface area (Å²) in [4.78, 5) is 85.7. The molecule has 0 bridgehead atoms. The van der Waals surface area contributed by atoms with Crippen molar-refractivity contribution >= 4 is 58.6 Å². The zero-order valence-electron chi connectivity index (χ0n) is 37.1. The standard InChI is InChI=1S/C48H53N7O10/c1-29(2)44(53-42(56)10-7-6-8-19-54-43(57)25-41(48(54)61)65-36-17-11-31(26-49)12-18-36)46(59)51-30(3)45(58)52-34-15-13-32(14-16-34)33-22-35-27-50-38-24-40(64-21-9-20-62-4)39(63-5)23-37(38)47(60)55(35)28-33/h11-18,23-25,27-30,35,44H,6-10,19-22H2,1-5H3,(H,51,59)(H,52,58)(H,53,56)/t30?,35-,44?/m0/s1. The van der Waals surface area contributed by atoms with Gasteiger partial charge in [-0.05, 0) is 79.3 Å². The van der Waals surface area contributed by atoms with Gasteiger partial charge < -0.3 is 39.8 Å². The lowest BCUT2D eigenvalue weighted by Gasteiger charge is -2.24. The summed E-state index contributed by atoms with van der Waals surface area (Å²) < 4.78 is 22.1. The van der Waals surface area contributed by atoms with Crippen molar-refractivity contribution in [1.82, 2.24) is 20.4 Å². The maximum atomic E-state index is 13.8. The molecule has 3 aliphatic heterocycles. The van der Waals surface area contributed by atoms with Crippen molar-refractivity contribution in [1.29, 1.82) is 5.26 Å². The number of benzene rings is 3. The molecule has 6 amide bonds. The van der Waals surface area contributed by atoms with Gasteiger partial charge in [0.25, 0.3) is 17.7 Å². The van der Waals surface area contributed by atoms with Gasteiger partial charge >= 0.3 is 0 Å². The van der Waals surface area contributed by atoms with Gasteiger partial charge in [-0.2, -0.15) is 5.26 Å². The van der Waals surface area contributed by atoms with Crippen molar-refractivity contribution in [3.8, 4) is 23.3 Å². The van der Waals surface area contributed by atoms with Crippen molar-refractivity contribution < 1.29 is 47.7 Å². The third-order valence-electron chi connectivity index (χ3n) is 11.0. The molecule has 17 nitrogen and oxygen atoms in total. The molecule has 3 N–H and O–H groups in total. The highest BCUT2D eigenvalue weighted by Gasteiger charge is 2.35. The molecule has 6 rings (SSSR count). The molecule has 0 aliphatic carbocycles. The predicted octanol–water partition coefficient (Wildman–Crippen LogP) is 5.43. The lowest BCUT2D eigenvalue weighted by Crippen LogP contribution is -2.53. The third kappa shape index (κ3) is 11.8. The highest BCUT2D eigenvalue weighted by Crippen LogP contribution is 2.40. The van der Waals surface area contributed by atoms with Crippen LogP contribution in [0.1, 0.15) is 80.8 Å². The number of unbranched alkanes of at least 4 members (excludes halogenated alkanes) is 2. The normalized spacial score (nSPS) is 16.1. The lowest BCUT2D eigenvalue weighted by atomic mass is 10.0. The Morgan fingerprint density at radius 3 is 2.32 bits per heavy atom. The van der Waals surface area contributed by atoms with Gasteiger partial charge in [-0.25, -0.2) is 0 Å². The molecule has 0 aromatic heterocycles. The molecule has 17 heteroatoms. The number of hydrogen-bond acceptors (Lipinski definition) is 12. The Labute approximate surface area is 377 Å². The van der Waals surface area contributed by atoms with E-state index in [2.05, 4.69) is 20.9 Å². The van der Waals surface area contributed by atoms with Gasteiger partial charge in [0.05, 0.1) is 48.7 Å². The second-order valence-electron chi connectivity index (χ2n) is 16.1. The number of carbonyl (C=O) groups excluding carboxylic acids is 6. The van der Waals surface area contributed by atoms with Crippen molar-refractivity contribution in [2.45, 2.75) is 77.4 Å². The molecule has 3 aromatic carbocycles. The van der Waals surface area contributed by atoms with Crippen LogP contribution >= 0.6 is 0 Å². The van der Waals surface area contributed by atoms with Gasteiger partial charge in [0, 0.05) is 63.7 Å². The first kappa shape index (κ1) is 47.2. The minimum absolute atomic E-state index is 0.107. The van der Waals surface area contributed by atoms with Crippen LogP contribution in [0, 0.1) is 17.2 Å². The van der Waals surface area contributed by atoms with E-state index in [-0.39, 0.29) is 42.5 Å². The molecule has 0 saturated carbocycles. The number of fused-ring (bicyclic) bond motifs is 2. The number of amides is 6. The number of methoxy groups -OCH3 is 2. The van der Waals surface area contributed by atoms with Crippen LogP contribution in [0.4, 0.5) is 11.4 Å². The summed E-state index contributed by atoms with van der Waals surface area (Å²) in [5, 5.41) is 17.3. The van der Waals surface area contributed by atoms with Crippen molar-refractivity contribution in [2.24, 2.45) is 10.9 Å². The van der Waals surface area contributed by atoms with Gasteiger partial charge in [-0.15, -0.1) is 0 Å². The van der Waals surface area contributed by atoms with Crippen LogP contribution in [-0.4, -0.2) is 104 Å². The number of carbonyl (C=O) groups is 6. The van der Waals surface area contributed by atoms with Crippen LogP contribution in [0.3, 0.4) is 0 Å². The molecule has 340 valence electrons. The first-order valence-electron chi connectivity index (χ1n) is 21.5. The van der Waals surface area contributed by atoms with Crippen LogP contribution in [0.2, 0.25) is 0 Å². The molecule has 3 aliphatic rings. The van der Waals surface area contributed by atoms with Crippen molar-refractivity contribution in [3.63, 3.8) is 0 Å². The molecule has 0 saturated heterocycles. The molecule has 65 heavy (non-hydrogen) atoms. The van der Waals surface area contributed by atoms with E-state index in [1.54, 1.807) is 75.4 Å². The minimum atomic E-state index is -0.927. The zero-order chi connectivity index (χ0) is 46.6. The number of imide groups is 1. The number of anilines is 1. The van der Waals surface area contributed by atoms with Crippen molar-refractivity contribution in [3.05, 3.63) is 95.4 Å². The smallest absolute Gasteiger partial charge is 0.296 e. The second-order valence-corrected chi connectivity index (χ2v) is 16.1. The van der Waals surface area contributed by atoms with Crippen LogP contribution < -0.4 is 30.2 Å². The molecule has 3 atom stereocenters. The highest BCUT2D eigenvalue weighted by atomic mass is 16.5. The maximum absolute atomic E-state index is 13.8. The Hall–Kier alpha value is -7.32. The Morgan fingerprint density at radius 1 is 0.877 bits per heavy atom. The number of rotatable bonds is 21. The second kappa shape index (κ2) is 21.8. The Kier molecular flexibility index (Phi) is 15.9. The van der Waals surface area contributed by atoms with Crippen molar-refractivity contribution in [2.75, 3.05) is 39.3 Å². The number of nitriles is 1. The first-order valence-corrected chi connectivity index (χ1v) is 21.5. The molecule has 0 radical (unpaired) electrons. The first-order chi connectivity index (χ1) is 31.3. The van der Waals surface area contributed by atoms with Gasteiger partial charge in [0.1, 0.15) is 17.8 Å². The van der Waals surface area contributed by atoms with Crippen LogP contribution in [0.5, 0.6) is 17.2 Å². The Bertz CT molecular complexity index is 2420. The van der Waals surface area contributed by atoms with E-state index < -0.39 is 35.7 Å². The molecule has 3 heterocycles. The average molecular weight is 888 g/mol. The molecule has 3 aromatic rings. The summed E-state index contributed by atoms with van der Waals surface area (Å²) in [5.41, 5.74) is 3.61. The van der Waals surface area contributed by atoms with E-state index in [1.165, 1.54) is 19.2 Å². The van der Waals surface area contributed by atoms with E-state index in [0.717, 1.165) is 22.1 Å². The van der Waals surface area contributed by atoms with E-state index in [4.69, 9.17) is 24.2 Å². The van der Waals surface area contributed by atoms with Gasteiger partial charge in [0.2, 0.25) is 17.7 Å². The largest absolute Gasteiger partial charge is 0.493 e. The van der Waals surface area contributed by atoms with E-state index >= 15 is 0 Å². The summed E-state index contributed by atoms with van der Waals surface area (Å²) in [5.74, 6) is -1.70. The average Bonchev–Trinajstić information content (AvgIpc) is 3.81. The number of nitrogens with one attached hydrogen (secondary N) is 3. The summed E-state index contributed by atoms with van der Waals surface area (Å²) >= 11 is 0. The fourth-order valence-electron chi connectivity index (χ4n) is 7.35. The summed E-state index contributed by atoms with van der Waals surface area (Å²) in [7, 11) is 3.15. The minimum Gasteiger partial charge on any atom is -0.493 e. The van der Waals surface area contributed by atoms with E-state index in [1.807, 2.05) is 24.4 Å². The fraction of sp³-hybridized carbons (Fsp3) is 0.375. The third-order valence-corrected chi connectivity index (χ3v) is 11.0. The van der Waals surface area contributed by atoms with E-state index in [9.17, 15) is 28.8 Å². The molecule has 0 spiro atoms.